The molecule has 0 bridgehead atoms. The summed E-state index contributed by atoms with van der Waals surface area (Å²) in [5, 5.41) is 10.1. The van der Waals surface area contributed by atoms with Gasteiger partial charge in [0.1, 0.15) is 17.6 Å². The molecule has 0 aromatic carbocycles. The van der Waals surface area contributed by atoms with Crippen LogP contribution < -0.4 is 5.32 Å². The molecule has 2 aromatic heterocycles. The number of aromatic amines is 1. The highest BCUT2D eigenvalue weighted by Crippen LogP contribution is 2.25. The minimum Gasteiger partial charge on any atom is -0.372 e. The Morgan fingerprint density at radius 3 is 2.92 bits per heavy atom. The molecule has 0 aliphatic carbocycles. The van der Waals surface area contributed by atoms with E-state index in [-0.39, 0.29) is 12.0 Å². The number of amides is 1. The predicted molar refractivity (Wildman–Crippen MR) is 88.6 cm³/mol. The molecular weight excluding hydrogens is 308 g/mol. The molecule has 3 rings (SSSR count). The number of nitrogens with one attached hydrogen (secondary N) is 2. The number of H-pyrrole nitrogens is 1. The Morgan fingerprint density at radius 1 is 1.42 bits per heavy atom. The third-order valence-electron chi connectivity index (χ3n) is 4.30. The van der Waals surface area contributed by atoms with Gasteiger partial charge in [-0.05, 0) is 13.8 Å². The Morgan fingerprint density at radius 2 is 2.21 bits per heavy atom. The van der Waals surface area contributed by atoms with Gasteiger partial charge < -0.3 is 15.0 Å². The number of ether oxygens (including phenoxy) is 1. The van der Waals surface area contributed by atoms with Gasteiger partial charge in [0.15, 0.2) is 0 Å². The van der Waals surface area contributed by atoms with Crippen LogP contribution >= 0.6 is 0 Å². The monoisotopic (exact) mass is 330 g/mol. The number of carbonyl (C=O) groups excluding carboxylic acids is 1. The van der Waals surface area contributed by atoms with Crippen LogP contribution in [-0.2, 0) is 16.0 Å². The van der Waals surface area contributed by atoms with Gasteiger partial charge in [-0.15, -0.1) is 0 Å². The lowest BCUT2D eigenvalue weighted by atomic mass is 10.1. The molecule has 8 heteroatoms. The van der Waals surface area contributed by atoms with Gasteiger partial charge in [-0.3, -0.25) is 14.9 Å². The van der Waals surface area contributed by atoms with Gasteiger partial charge in [0.05, 0.1) is 25.3 Å². The van der Waals surface area contributed by atoms with Crippen molar-refractivity contribution in [1.82, 2.24) is 25.1 Å². The molecule has 8 nitrogen and oxygen atoms in total. The fourth-order valence-electron chi connectivity index (χ4n) is 2.92. The highest BCUT2D eigenvalue weighted by Gasteiger charge is 2.28. The van der Waals surface area contributed by atoms with Crippen LogP contribution in [-0.4, -0.2) is 57.7 Å². The van der Waals surface area contributed by atoms with Gasteiger partial charge in [0.2, 0.25) is 5.91 Å². The first kappa shape index (κ1) is 16.4. The average molecular weight is 330 g/mol. The van der Waals surface area contributed by atoms with Crippen LogP contribution in [0.4, 0.5) is 5.82 Å². The van der Waals surface area contributed by atoms with Crippen LogP contribution in [0.1, 0.15) is 28.7 Å². The van der Waals surface area contributed by atoms with Crippen LogP contribution in [0.15, 0.2) is 12.4 Å². The molecule has 1 atom stereocenters. The SMILES string of the molecule is CNc1nccnc1[C@@H]1CN(C(=O)Cc2c(C)n[nH]c2C)CCO1. The second kappa shape index (κ2) is 6.96. The van der Waals surface area contributed by atoms with E-state index in [1.807, 2.05) is 18.7 Å². The van der Waals surface area contributed by atoms with E-state index < -0.39 is 0 Å². The van der Waals surface area contributed by atoms with Crippen molar-refractivity contribution >= 4 is 11.7 Å². The summed E-state index contributed by atoms with van der Waals surface area (Å²) in [5.74, 6) is 0.754. The van der Waals surface area contributed by atoms with Crippen molar-refractivity contribution in [3.05, 3.63) is 35.0 Å². The Hall–Kier alpha value is -2.48. The van der Waals surface area contributed by atoms with Gasteiger partial charge in [-0.25, -0.2) is 4.98 Å². The Labute approximate surface area is 140 Å². The fraction of sp³-hybridized carbons (Fsp3) is 0.500. The summed E-state index contributed by atoms with van der Waals surface area (Å²) in [7, 11) is 1.80. The Balaban J connectivity index is 1.72. The van der Waals surface area contributed by atoms with Gasteiger partial charge >= 0.3 is 0 Å². The Bertz CT molecular complexity index is 710. The van der Waals surface area contributed by atoms with Crippen LogP contribution in [0, 0.1) is 13.8 Å². The van der Waals surface area contributed by atoms with Crippen LogP contribution in [0.3, 0.4) is 0 Å². The normalized spacial score (nSPS) is 17.8. The van der Waals surface area contributed by atoms with E-state index in [1.54, 1.807) is 19.4 Å². The first-order chi connectivity index (χ1) is 11.6. The summed E-state index contributed by atoms with van der Waals surface area (Å²) in [6.45, 7) is 5.39. The summed E-state index contributed by atoms with van der Waals surface area (Å²) in [6.07, 6.45) is 3.34. The van der Waals surface area contributed by atoms with E-state index in [0.717, 1.165) is 22.6 Å². The number of nitrogens with zero attached hydrogens (tertiary/aromatic N) is 4. The molecule has 1 aliphatic rings. The summed E-state index contributed by atoms with van der Waals surface area (Å²) >= 11 is 0. The van der Waals surface area contributed by atoms with Crippen molar-refractivity contribution in [3.8, 4) is 0 Å². The molecule has 128 valence electrons. The van der Waals surface area contributed by atoms with Gasteiger partial charge in [0.25, 0.3) is 0 Å². The zero-order valence-electron chi connectivity index (χ0n) is 14.2. The quantitative estimate of drug-likeness (QED) is 0.868. The summed E-state index contributed by atoms with van der Waals surface area (Å²) in [6, 6.07) is 0. The first-order valence-electron chi connectivity index (χ1n) is 7.98. The average Bonchev–Trinajstić information content (AvgIpc) is 2.93. The minimum absolute atomic E-state index is 0.0748. The largest absolute Gasteiger partial charge is 0.372 e. The zero-order chi connectivity index (χ0) is 17.1. The molecule has 1 amide bonds. The number of rotatable bonds is 4. The molecule has 0 spiro atoms. The molecule has 0 saturated carbocycles. The fourth-order valence-corrected chi connectivity index (χ4v) is 2.92. The standard InChI is InChI=1S/C16H22N6O2/c1-10-12(11(2)21-20-10)8-14(23)22-6-7-24-13(9-22)15-16(17-3)19-5-4-18-15/h4-5,13H,6-9H2,1-3H3,(H,17,19)(H,20,21)/t13-/m0/s1. The van der Waals surface area contributed by atoms with Crippen LogP contribution in [0.5, 0.6) is 0 Å². The second-order valence-electron chi connectivity index (χ2n) is 5.83. The number of hydrogen-bond donors (Lipinski definition) is 2. The molecule has 24 heavy (non-hydrogen) atoms. The summed E-state index contributed by atoms with van der Waals surface area (Å²) < 4.78 is 5.81. The van der Waals surface area contributed by atoms with Crippen molar-refractivity contribution in [1.29, 1.82) is 0 Å². The maximum atomic E-state index is 12.7. The van der Waals surface area contributed by atoms with Crippen molar-refractivity contribution in [2.75, 3.05) is 32.1 Å². The number of carbonyl (C=O) groups is 1. The zero-order valence-corrected chi connectivity index (χ0v) is 14.2. The lowest BCUT2D eigenvalue weighted by Crippen LogP contribution is -2.43. The van der Waals surface area contributed by atoms with E-state index >= 15 is 0 Å². The third kappa shape index (κ3) is 3.23. The van der Waals surface area contributed by atoms with E-state index in [4.69, 9.17) is 4.74 Å². The van der Waals surface area contributed by atoms with Crippen LogP contribution in [0.2, 0.25) is 0 Å². The maximum Gasteiger partial charge on any atom is 0.227 e. The van der Waals surface area contributed by atoms with E-state index in [2.05, 4.69) is 25.5 Å². The van der Waals surface area contributed by atoms with Gasteiger partial charge in [0, 0.05) is 37.2 Å². The maximum absolute atomic E-state index is 12.7. The molecule has 1 aliphatic heterocycles. The van der Waals surface area contributed by atoms with E-state index in [1.165, 1.54) is 0 Å². The summed E-state index contributed by atoms with van der Waals surface area (Å²) in [4.78, 5) is 23.1. The molecule has 3 heterocycles. The molecule has 2 N–H and O–H groups in total. The Kier molecular flexibility index (Phi) is 4.75. The molecular formula is C16H22N6O2. The van der Waals surface area contributed by atoms with Gasteiger partial charge in [-0.2, -0.15) is 5.10 Å². The second-order valence-corrected chi connectivity index (χ2v) is 5.83. The number of anilines is 1. The van der Waals surface area contributed by atoms with Gasteiger partial charge in [-0.1, -0.05) is 0 Å². The van der Waals surface area contributed by atoms with Crippen molar-refractivity contribution in [2.45, 2.75) is 26.4 Å². The molecule has 0 unspecified atom stereocenters. The number of hydrogen-bond acceptors (Lipinski definition) is 6. The highest BCUT2D eigenvalue weighted by atomic mass is 16.5. The lowest BCUT2D eigenvalue weighted by molar-refractivity contribution is -0.138. The number of aryl methyl sites for hydroxylation is 2. The van der Waals surface area contributed by atoms with Crippen molar-refractivity contribution < 1.29 is 9.53 Å². The number of morpholine rings is 1. The van der Waals surface area contributed by atoms with E-state index in [0.29, 0.717) is 31.9 Å². The van der Waals surface area contributed by atoms with Crippen molar-refractivity contribution in [2.24, 2.45) is 0 Å². The molecule has 1 saturated heterocycles. The molecule has 1 fully saturated rings. The third-order valence-corrected chi connectivity index (χ3v) is 4.30. The lowest BCUT2D eigenvalue weighted by Gasteiger charge is -2.33. The minimum atomic E-state index is -0.273. The molecule has 2 aromatic rings. The topological polar surface area (TPSA) is 96.0 Å². The molecule has 0 radical (unpaired) electrons. The first-order valence-corrected chi connectivity index (χ1v) is 7.98. The smallest absolute Gasteiger partial charge is 0.227 e. The highest BCUT2D eigenvalue weighted by molar-refractivity contribution is 5.79. The number of aromatic nitrogens is 4. The summed E-state index contributed by atoms with van der Waals surface area (Å²) in [5.41, 5.74) is 3.51. The van der Waals surface area contributed by atoms with Crippen LogP contribution in [0.25, 0.3) is 0 Å². The van der Waals surface area contributed by atoms with Crippen molar-refractivity contribution in [3.63, 3.8) is 0 Å². The van der Waals surface area contributed by atoms with E-state index in [9.17, 15) is 4.79 Å². The predicted octanol–water partition coefficient (Wildman–Crippen LogP) is 1.00.